The Balaban J connectivity index is 1.38. The van der Waals surface area contributed by atoms with Crippen molar-refractivity contribution in [2.24, 2.45) is 0 Å². The normalized spacial score (nSPS) is 14.3. The molecule has 0 bridgehead atoms. The third kappa shape index (κ3) is 4.46. The number of amides is 1. The van der Waals surface area contributed by atoms with Gasteiger partial charge in [-0.05, 0) is 49.6 Å². The number of nitrogens with zero attached hydrogens (tertiary/aromatic N) is 6. The summed E-state index contributed by atoms with van der Waals surface area (Å²) in [4.78, 5) is 28.7. The van der Waals surface area contributed by atoms with Crippen molar-refractivity contribution >= 4 is 34.3 Å². The van der Waals surface area contributed by atoms with Gasteiger partial charge in [0.1, 0.15) is 29.4 Å². The molecule has 3 aromatic heterocycles. The number of hydrogen-bond acceptors (Lipinski definition) is 6. The molecule has 36 heavy (non-hydrogen) atoms. The largest absolute Gasteiger partial charge is 0.356 e. The average Bonchev–Trinajstić information content (AvgIpc) is 3.22. The highest BCUT2D eigenvalue weighted by atomic mass is 19.1. The first-order valence-electron chi connectivity index (χ1n) is 11.8. The van der Waals surface area contributed by atoms with Gasteiger partial charge in [0.25, 0.3) is 5.91 Å². The number of benzene rings is 1. The lowest BCUT2D eigenvalue weighted by Gasteiger charge is -2.33. The number of hydrogen-bond donors (Lipinski definition) is 1. The van der Waals surface area contributed by atoms with Crippen molar-refractivity contribution in [3.63, 3.8) is 0 Å². The Labute approximate surface area is 207 Å². The maximum absolute atomic E-state index is 15.2. The van der Waals surface area contributed by atoms with Gasteiger partial charge in [-0.3, -0.25) is 4.79 Å². The Kier molecular flexibility index (Phi) is 6.26. The van der Waals surface area contributed by atoms with Crippen LogP contribution in [0.5, 0.6) is 0 Å². The van der Waals surface area contributed by atoms with Crippen molar-refractivity contribution in [1.82, 2.24) is 24.4 Å². The second kappa shape index (κ2) is 9.52. The SMILES string of the molecule is Cc1ccc(N2CCC(n3cc(F)c4c(Nc5ccc(C(=O)N(C)C)cc5F)ncnc43)CC2)nc1. The topological polar surface area (TPSA) is 79.2 Å². The highest BCUT2D eigenvalue weighted by Gasteiger charge is 2.25. The smallest absolute Gasteiger partial charge is 0.253 e. The van der Waals surface area contributed by atoms with Crippen LogP contribution in [0.25, 0.3) is 11.0 Å². The van der Waals surface area contributed by atoms with Crippen LogP contribution in [0.3, 0.4) is 0 Å². The molecule has 1 fully saturated rings. The summed E-state index contributed by atoms with van der Waals surface area (Å²) < 4.78 is 31.8. The predicted octanol–water partition coefficient (Wildman–Crippen LogP) is 4.70. The van der Waals surface area contributed by atoms with Gasteiger partial charge in [-0.15, -0.1) is 0 Å². The van der Waals surface area contributed by atoms with Crippen LogP contribution in [0.15, 0.2) is 49.1 Å². The minimum Gasteiger partial charge on any atom is -0.356 e. The van der Waals surface area contributed by atoms with Crippen LogP contribution < -0.4 is 10.2 Å². The zero-order valence-corrected chi connectivity index (χ0v) is 20.4. The van der Waals surface area contributed by atoms with Crippen LogP contribution in [0.4, 0.5) is 26.1 Å². The molecule has 4 heterocycles. The van der Waals surface area contributed by atoms with E-state index >= 15 is 4.39 Å². The number of fused-ring (bicyclic) bond motifs is 1. The van der Waals surface area contributed by atoms with E-state index < -0.39 is 11.6 Å². The van der Waals surface area contributed by atoms with Gasteiger partial charge in [0.05, 0.1) is 11.1 Å². The zero-order chi connectivity index (χ0) is 25.4. The third-order valence-corrected chi connectivity index (χ3v) is 6.52. The van der Waals surface area contributed by atoms with Crippen molar-refractivity contribution in [3.05, 3.63) is 71.8 Å². The molecule has 0 radical (unpaired) electrons. The molecule has 0 aliphatic carbocycles. The van der Waals surface area contributed by atoms with Crippen LogP contribution in [0, 0.1) is 18.6 Å². The lowest BCUT2D eigenvalue weighted by Crippen LogP contribution is -2.35. The summed E-state index contributed by atoms with van der Waals surface area (Å²) in [5.74, 6) is -0.306. The number of carbonyl (C=O) groups is 1. The van der Waals surface area contributed by atoms with E-state index in [0.29, 0.717) is 5.65 Å². The summed E-state index contributed by atoms with van der Waals surface area (Å²) in [6.07, 6.45) is 6.26. The number of anilines is 3. The summed E-state index contributed by atoms with van der Waals surface area (Å²) >= 11 is 0. The maximum atomic E-state index is 15.2. The molecule has 1 N–H and O–H groups in total. The molecule has 0 atom stereocenters. The van der Waals surface area contributed by atoms with Gasteiger partial charge in [0.2, 0.25) is 0 Å². The Hall–Kier alpha value is -4.08. The Bertz CT molecular complexity index is 1410. The van der Waals surface area contributed by atoms with Gasteiger partial charge in [0, 0.05) is 51.2 Å². The molecule has 1 aliphatic heterocycles. The van der Waals surface area contributed by atoms with Gasteiger partial charge in [-0.1, -0.05) is 6.07 Å². The van der Waals surface area contributed by atoms with Crippen LogP contribution in [-0.2, 0) is 0 Å². The molecule has 1 aromatic carbocycles. The summed E-state index contributed by atoms with van der Waals surface area (Å²) in [7, 11) is 3.20. The molecule has 10 heteroatoms. The van der Waals surface area contributed by atoms with Crippen molar-refractivity contribution in [2.75, 3.05) is 37.4 Å². The molecule has 8 nitrogen and oxygen atoms in total. The van der Waals surface area contributed by atoms with Gasteiger partial charge < -0.3 is 19.7 Å². The molecule has 1 amide bonds. The number of rotatable bonds is 5. The van der Waals surface area contributed by atoms with E-state index in [1.165, 1.54) is 29.6 Å². The van der Waals surface area contributed by atoms with Gasteiger partial charge in [0.15, 0.2) is 5.82 Å². The van der Waals surface area contributed by atoms with Crippen LogP contribution in [0.2, 0.25) is 0 Å². The summed E-state index contributed by atoms with van der Waals surface area (Å²) in [6.45, 7) is 3.60. The summed E-state index contributed by atoms with van der Waals surface area (Å²) in [6, 6.07) is 8.25. The fraction of sp³-hybridized carbons (Fsp3) is 0.308. The van der Waals surface area contributed by atoms with Gasteiger partial charge in [-0.25, -0.2) is 23.7 Å². The molecule has 186 valence electrons. The van der Waals surface area contributed by atoms with E-state index in [-0.39, 0.29) is 34.4 Å². The number of aryl methyl sites for hydroxylation is 1. The van der Waals surface area contributed by atoms with Crippen molar-refractivity contribution < 1.29 is 13.6 Å². The van der Waals surface area contributed by atoms with Crippen LogP contribution >= 0.6 is 0 Å². The van der Waals surface area contributed by atoms with Crippen molar-refractivity contribution in [1.29, 1.82) is 0 Å². The van der Waals surface area contributed by atoms with E-state index in [4.69, 9.17) is 0 Å². The molecule has 5 rings (SSSR count). The summed E-state index contributed by atoms with van der Waals surface area (Å²) in [5, 5.41) is 3.08. The fourth-order valence-electron chi connectivity index (χ4n) is 4.57. The maximum Gasteiger partial charge on any atom is 0.253 e. The minimum absolute atomic E-state index is 0.0644. The first kappa shape index (κ1) is 23.7. The molecule has 0 unspecified atom stereocenters. The Morgan fingerprint density at radius 2 is 1.83 bits per heavy atom. The first-order chi connectivity index (χ1) is 17.3. The average molecular weight is 492 g/mol. The zero-order valence-electron chi connectivity index (χ0n) is 20.4. The fourth-order valence-corrected chi connectivity index (χ4v) is 4.57. The molecular weight excluding hydrogens is 464 g/mol. The Morgan fingerprint density at radius 1 is 1.06 bits per heavy atom. The van der Waals surface area contributed by atoms with Crippen LogP contribution in [0.1, 0.15) is 34.8 Å². The number of aromatic nitrogens is 4. The van der Waals surface area contributed by atoms with Crippen LogP contribution in [-0.4, -0.2) is 57.5 Å². The highest BCUT2D eigenvalue weighted by Crippen LogP contribution is 2.33. The molecule has 4 aromatic rings. The predicted molar refractivity (Wildman–Crippen MR) is 135 cm³/mol. The van der Waals surface area contributed by atoms with E-state index in [1.807, 2.05) is 29.8 Å². The van der Waals surface area contributed by atoms with Gasteiger partial charge >= 0.3 is 0 Å². The quantitative estimate of drug-likeness (QED) is 0.436. The molecule has 0 saturated carbocycles. The van der Waals surface area contributed by atoms with E-state index in [0.717, 1.165) is 43.4 Å². The van der Waals surface area contributed by atoms with Crippen molar-refractivity contribution in [3.8, 4) is 0 Å². The first-order valence-corrected chi connectivity index (χ1v) is 11.8. The second-order valence-electron chi connectivity index (χ2n) is 9.24. The number of nitrogens with one attached hydrogen (secondary N) is 1. The monoisotopic (exact) mass is 491 g/mol. The summed E-state index contributed by atoms with van der Waals surface area (Å²) in [5.41, 5.74) is 1.89. The van der Waals surface area contributed by atoms with Crippen molar-refractivity contribution in [2.45, 2.75) is 25.8 Å². The molecular formula is C26H27F2N7O. The number of pyridine rings is 1. The standard InChI is InChI=1S/C26H27F2N7O/c1-16-4-7-22(29-13-16)34-10-8-18(9-11-34)35-14-20(28)23-24(30-15-31-25(23)35)32-21-6-5-17(12-19(21)27)26(36)33(2)3/h4-7,12-15,18H,8-11H2,1-3H3,(H,30,31,32). The number of halogens is 2. The lowest BCUT2D eigenvalue weighted by atomic mass is 10.0. The van der Waals surface area contributed by atoms with Gasteiger partial charge in [-0.2, -0.15) is 0 Å². The molecule has 1 aliphatic rings. The van der Waals surface area contributed by atoms with E-state index in [9.17, 15) is 9.18 Å². The number of piperidine rings is 1. The highest BCUT2D eigenvalue weighted by molar-refractivity contribution is 5.95. The number of carbonyl (C=O) groups excluding carboxylic acids is 1. The Morgan fingerprint density at radius 3 is 2.50 bits per heavy atom. The lowest BCUT2D eigenvalue weighted by molar-refractivity contribution is 0.0827. The van der Waals surface area contributed by atoms with E-state index in [1.54, 1.807) is 14.1 Å². The van der Waals surface area contributed by atoms with E-state index in [2.05, 4.69) is 25.2 Å². The molecule has 1 saturated heterocycles. The second-order valence-corrected chi connectivity index (χ2v) is 9.24. The minimum atomic E-state index is -0.633. The molecule has 0 spiro atoms. The third-order valence-electron chi connectivity index (χ3n) is 6.52.